The molecule has 4 amide bonds. The number of nitrogens with zero attached hydrogens (tertiary/aromatic N) is 3. The topological polar surface area (TPSA) is 102 Å². The van der Waals surface area contributed by atoms with Gasteiger partial charge in [0, 0.05) is 63.6 Å². The molecular weight excluding hydrogens is 568 g/mol. The monoisotopic (exact) mass is 615 g/mol. The van der Waals surface area contributed by atoms with Crippen LogP contribution in [0.3, 0.4) is 0 Å². The van der Waals surface area contributed by atoms with Crippen molar-refractivity contribution in [2.24, 2.45) is 5.41 Å². The van der Waals surface area contributed by atoms with Crippen molar-refractivity contribution in [3.63, 3.8) is 0 Å². The van der Waals surface area contributed by atoms with Gasteiger partial charge >= 0.3 is 0 Å². The van der Waals surface area contributed by atoms with E-state index in [9.17, 15) is 28.0 Å². The number of halogens is 2. The summed E-state index contributed by atoms with van der Waals surface area (Å²) in [7, 11) is 0. The standard InChI is InChI=1S/C33H47F2N5O4/c1-32(2,3)18-29(42)38-14-10-26(11-15-38)39-21-30(43)40-20-25(37-24-8-12-33(34,35)13-9-24)17-27(40)31(44)36-19-23-7-5-4-6-22(23)16-28(39)41/h4-7,24-27,37H,8-21H2,1-3H3,(H,36,44)/t25-,27-/m0/s1. The van der Waals surface area contributed by atoms with E-state index in [1.165, 1.54) is 0 Å². The number of piperidine rings is 1. The fourth-order valence-electron chi connectivity index (χ4n) is 7.14. The summed E-state index contributed by atoms with van der Waals surface area (Å²) in [4.78, 5) is 59.3. The van der Waals surface area contributed by atoms with Gasteiger partial charge in [-0.15, -0.1) is 0 Å². The van der Waals surface area contributed by atoms with Crippen LogP contribution < -0.4 is 10.6 Å². The predicted molar refractivity (Wildman–Crippen MR) is 162 cm³/mol. The van der Waals surface area contributed by atoms with Crippen LogP contribution in [0.25, 0.3) is 0 Å². The average molecular weight is 616 g/mol. The van der Waals surface area contributed by atoms with Crippen LogP contribution in [0.5, 0.6) is 0 Å². The number of hydrogen-bond acceptors (Lipinski definition) is 5. The number of alkyl halides is 2. The summed E-state index contributed by atoms with van der Waals surface area (Å²) in [6.45, 7) is 7.53. The SMILES string of the molecule is CC(C)(C)CC(=O)N1CCC(N2CC(=O)N3C[C@@H](NC4CCC(F)(F)CC4)C[C@H]3C(=O)NCc3ccccc3CC2=O)CC1. The highest BCUT2D eigenvalue weighted by molar-refractivity contribution is 5.91. The molecule has 3 fully saturated rings. The number of amides is 4. The number of rotatable bonds is 4. The molecule has 2 saturated heterocycles. The van der Waals surface area contributed by atoms with Gasteiger partial charge < -0.3 is 25.3 Å². The van der Waals surface area contributed by atoms with Gasteiger partial charge in [-0.25, -0.2) is 8.78 Å². The molecule has 9 nitrogen and oxygen atoms in total. The number of carbonyl (C=O) groups excluding carboxylic acids is 4. The lowest BCUT2D eigenvalue weighted by Gasteiger charge is -2.40. The molecule has 0 unspecified atom stereocenters. The summed E-state index contributed by atoms with van der Waals surface area (Å²) >= 11 is 0. The van der Waals surface area contributed by atoms with E-state index in [1.807, 2.05) is 49.9 Å². The molecule has 1 saturated carbocycles. The Hall–Kier alpha value is -3.08. The molecule has 2 atom stereocenters. The first-order valence-corrected chi connectivity index (χ1v) is 16.1. The van der Waals surface area contributed by atoms with Crippen molar-refractivity contribution in [1.29, 1.82) is 0 Å². The summed E-state index contributed by atoms with van der Waals surface area (Å²) in [5, 5.41) is 6.44. The van der Waals surface area contributed by atoms with E-state index >= 15 is 0 Å². The second-order valence-electron chi connectivity index (χ2n) is 14.3. The number of carbonyl (C=O) groups is 4. The van der Waals surface area contributed by atoms with E-state index in [4.69, 9.17) is 0 Å². The van der Waals surface area contributed by atoms with Crippen LogP contribution in [0, 0.1) is 5.41 Å². The molecule has 11 heteroatoms. The van der Waals surface area contributed by atoms with Crippen LogP contribution in [-0.2, 0) is 32.1 Å². The van der Waals surface area contributed by atoms with Gasteiger partial charge in [0.15, 0.2) is 0 Å². The van der Waals surface area contributed by atoms with Gasteiger partial charge in [0.25, 0.3) is 0 Å². The summed E-state index contributed by atoms with van der Waals surface area (Å²) in [6.07, 6.45) is 2.48. The van der Waals surface area contributed by atoms with Gasteiger partial charge in [-0.2, -0.15) is 0 Å². The van der Waals surface area contributed by atoms with Gasteiger partial charge in [-0.05, 0) is 48.6 Å². The Labute approximate surface area is 259 Å². The Morgan fingerprint density at radius 2 is 1.61 bits per heavy atom. The van der Waals surface area contributed by atoms with Gasteiger partial charge in [0.2, 0.25) is 29.6 Å². The second kappa shape index (κ2) is 13.1. The van der Waals surface area contributed by atoms with Crippen LogP contribution in [0.2, 0.25) is 0 Å². The molecule has 0 bridgehead atoms. The zero-order chi connectivity index (χ0) is 31.6. The number of nitrogens with one attached hydrogen (secondary N) is 2. The van der Waals surface area contributed by atoms with E-state index in [-0.39, 0.29) is 86.1 Å². The lowest BCUT2D eigenvalue weighted by Crippen LogP contribution is -2.55. The lowest BCUT2D eigenvalue weighted by molar-refractivity contribution is -0.146. The Balaban J connectivity index is 1.34. The molecule has 2 N–H and O–H groups in total. The fourth-order valence-corrected chi connectivity index (χ4v) is 7.14. The Morgan fingerprint density at radius 3 is 2.27 bits per heavy atom. The molecule has 0 aromatic heterocycles. The first-order chi connectivity index (χ1) is 20.8. The maximum absolute atomic E-state index is 13.9. The molecule has 1 aromatic carbocycles. The molecule has 242 valence electrons. The summed E-state index contributed by atoms with van der Waals surface area (Å²) < 4.78 is 27.5. The van der Waals surface area contributed by atoms with Crippen LogP contribution in [-0.4, -0.2) is 94.6 Å². The lowest BCUT2D eigenvalue weighted by atomic mass is 9.91. The van der Waals surface area contributed by atoms with Gasteiger partial charge in [-0.3, -0.25) is 19.2 Å². The second-order valence-corrected chi connectivity index (χ2v) is 14.3. The highest BCUT2D eigenvalue weighted by atomic mass is 19.3. The van der Waals surface area contributed by atoms with Crippen molar-refractivity contribution in [3.05, 3.63) is 35.4 Å². The largest absolute Gasteiger partial charge is 0.350 e. The van der Waals surface area contributed by atoms with Crippen molar-refractivity contribution in [2.75, 3.05) is 26.2 Å². The van der Waals surface area contributed by atoms with Gasteiger partial charge in [-0.1, -0.05) is 45.0 Å². The molecule has 0 spiro atoms. The fraction of sp³-hybridized carbons (Fsp3) is 0.697. The molecule has 1 aromatic rings. The van der Waals surface area contributed by atoms with E-state index in [0.29, 0.717) is 51.6 Å². The Bertz CT molecular complexity index is 1230. The zero-order valence-corrected chi connectivity index (χ0v) is 26.2. The molecule has 5 rings (SSSR count). The molecule has 1 aliphatic carbocycles. The molecule has 3 heterocycles. The Morgan fingerprint density at radius 1 is 0.955 bits per heavy atom. The first-order valence-electron chi connectivity index (χ1n) is 16.1. The molecule has 4 aliphatic rings. The van der Waals surface area contributed by atoms with Crippen LogP contribution >= 0.6 is 0 Å². The maximum atomic E-state index is 13.9. The zero-order valence-electron chi connectivity index (χ0n) is 26.2. The van der Waals surface area contributed by atoms with Gasteiger partial charge in [0.1, 0.15) is 12.6 Å². The van der Waals surface area contributed by atoms with Crippen molar-refractivity contribution in [1.82, 2.24) is 25.3 Å². The van der Waals surface area contributed by atoms with E-state index in [1.54, 1.807) is 9.80 Å². The maximum Gasteiger partial charge on any atom is 0.248 e. The summed E-state index contributed by atoms with van der Waals surface area (Å²) in [6, 6.07) is 6.32. The van der Waals surface area contributed by atoms with Crippen LogP contribution in [0.4, 0.5) is 8.78 Å². The van der Waals surface area contributed by atoms with Crippen molar-refractivity contribution in [3.8, 4) is 0 Å². The predicted octanol–water partition coefficient (Wildman–Crippen LogP) is 3.25. The number of likely N-dealkylation sites (tertiary alicyclic amines) is 1. The van der Waals surface area contributed by atoms with E-state index in [2.05, 4.69) is 10.6 Å². The third kappa shape index (κ3) is 7.95. The van der Waals surface area contributed by atoms with Crippen LogP contribution in [0.15, 0.2) is 24.3 Å². The molecule has 3 aliphatic heterocycles. The van der Waals surface area contributed by atoms with Crippen molar-refractivity contribution >= 4 is 23.6 Å². The van der Waals surface area contributed by atoms with E-state index < -0.39 is 12.0 Å². The summed E-state index contributed by atoms with van der Waals surface area (Å²) in [5.74, 6) is -3.22. The minimum Gasteiger partial charge on any atom is -0.350 e. The van der Waals surface area contributed by atoms with Crippen LogP contribution in [0.1, 0.15) is 83.3 Å². The third-order valence-electron chi connectivity index (χ3n) is 9.59. The third-order valence-corrected chi connectivity index (χ3v) is 9.59. The average Bonchev–Trinajstić information content (AvgIpc) is 3.39. The number of benzene rings is 1. The number of fused-ring (bicyclic) bond motifs is 2. The molecule has 44 heavy (non-hydrogen) atoms. The minimum absolute atomic E-state index is 0.0865. The van der Waals surface area contributed by atoms with Gasteiger partial charge in [0.05, 0.1) is 6.42 Å². The van der Waals surface area contributed by atoms with Crippen molar-refractivity contribution < 1.29 is 28.0 Å². The first kappa shape index (κ1) is 32.3. The molecular formula is C33H47F2N5O4. The smallest absolute Gasteiger partial charge is 0.248 e. The highest BCUT2D eigenvalue weighted by Gasteiger charge is 2.43. The number of hydrogen-bond donors (Lipinski definition) is 2. The highest BCUT2D eigenvalue weighted by Crippen LogP contribution is 2.34. The normalized spacial score (nSPS) is 26.0. The minimum atomic E-state index is -2.63. The van der Waals surface area contributed by atoms with E-state index in [0.717, 1.165) is 11.1 Å². The van der Waals surface area contributed by atoms with Crippen molar-refractivity contribution in [2.45, 2.75) is 115 Å². The molecule has 0 radical (unpaired) electrons. The quantitative estimate of drug-likeness (QED) is 0.542. The summed E-state index contributed by atoms with van der Waals surface area (Å²) in [5.41, 5.74) is 1.55. The Kier molecular flexibility index (Phi) is 9.63.